The van der Waals surface area contributed by atoms with Crippen LogP contribution >= 0.6 is 0 Å². The van der Waals surface area contributed by atoms with Crippen LogP contribution < -0.4 is 5.73 Å². The van der Waals surface area contributed by atoms with Gasteiger partial charge in [-0.2, -0.15) is 4.98 Å². The summed E-state index contributed by atoms with van der Waals surface area (Å²) in [5, 5.41) is 3.96. The first-order chi connectivity index (χ1) is 9.26. The lowest BCUT2D eigenvalue weighted by Crippen LogP contribution is -2.12. The number of nitrogens with zero attached hydrogens (tertiary/aromatic N) is 2. The van der Waals surface area contributed by atoms with E-state index in [2.05, 4.69) is 17.1 Å². The van der Waals surface area contributed by atoms with E-state index in [1.165, 1.54) is 0 Å². The first-order valence-electron chi connectivity index (χ1n) is 6.43. The Morgan fingerprint density at radius 2 is 2.05 bits per heavy atom. The summed E-state index contributed by atoms with van der Waals surface area (Å²) in [6.07, 6.45) is 1.72. The number of rotatable bonds is 6. The summed E-state index contributed by atoms with van der Waals surface area (Å²) in [5.41, 5.74) is 7.05. The molecule has 5 nitrogen and oxygen atoms in total. The van der Waals surface area contributed by atoms with Crippen LogP contribution in [-0.4, -0.2) is 17.3 Å². The molecular weight excluding hydrogens is 242 g/mol. The molecule has 0 amide bonds. The Morgan fingerprint density at radius 3 is 2.68 bits per heavy atom. The number of aromatic nitrogens is 2. The molecule has 2 atom stereocenters. The highest BCUT2D eigenvalue weighted by molar-refractivity contribution is 5.23. The molecule has 2 N–H and O–H groups in total. The lowest BCUT2D eigenvalue weighted by Gasteiger charge is -2.09. The van der Waals surface area contributed by atoms with Gasteiger partial charge in [-0.3, -0.25) is 0 Å². The molecule has 1 aromatic carbocycles. The molecule has 0 saturated carbocycles. The van der Waals surface area contributed by atoms with Crippen molar-refractivity contribution in [3.05, 3.63) is 47.6 Å². The number of benzene rings is 1. The number of hydrogen-bond acceptors (Lipinski definition) is 5. The summed E-state index contributed by atoms with van der Waals surface area (Å²) in [6, 6.07) is 9.28. The van der Waals surface area contributed by atoms with Crippen molar-refractivity contribution >= 4 is 0 Å². The van der Waals surface area contributed by atoms with E-state index in [-0.39, 0.29) is 6.10 Å². The summed E-state index contributed by atoms with van der Waals surface area (Å²) in [4.78, 5) is 4.35. The zero-order chi connectivity index (χ0) is 13.7. The zero-order valence-electron chi connectivity index (χ0n) is 11.2. The molecule has 0 saturated heterocycles. The van der Waals surface area contributed by atoms with Crippen LogP contribution in [0.25, 0.3) is 0 Å². The molecule has 1 heterocycles. The molecule has 2 rings (SSSR count). The van der Waals surface area contributed by atoms with Gasteiger partial charge in [0.05, 0.1) is 0 Å². The van der Waals surface area contributed by atoms with Crippen LogP contribution in [0.4, 0.5) is 0 Å². The maximum atomic E-state index is 6.11. The van der Waals surface area contributed by atoms with Crippen molar-refractivity contribution < 1.29 is 9.26 Å². The van der Waals surface area contributed by atoms with E-state index in [1.54, 1.807) is 7.11 Å². The minimum absolute atomic E-state index is 0.134. The normalized spacial score (nSPS) is 14.3. The van der Waals surface area contributed by atoms with E-state index in [1.807, 2.05) is 30.3 Å². The van der Waals surface area contributed by atoms with Gasteiger partial charge in [0.2, 0.25) is 11.7 Å². The molecule has 0 fully saturated rings. The van der Waals surface area contributed by atoms with Crippen molar-refractivity contribution in [2.45, 2.75) is 31.9 Å². The summed E-state index contributed by atoms with van der Waals surface area (Å²) >= 11 is 0. The molecule has 19 heavy (non-hydrogen) atoms. The smallest absolute Gasteiger partial charge is 0.248 e. The molecule has 0 aliphatic carbocycles. The zero-order valence-corrected chi connectivity index (χ0v) is 11.2. The second-order valence-corrected chi connectivity index (χ2v) is 4.39. The second-order valence-electron chi connectivity index (χ2n) is 4.39. The van der Waals surface area contributed by atoms with Crippen LogP contribution in [0.1, 0.15) is 49.2 Å². The molecule has 1 aromatic heterocycles. The second kappa shape index (κ2) is 6.45. The average Bonchev–Trinajstić information content (AvgIpc) is 2.94. The highest BCUT2D eigenvalue weighted by Crippen LogP contribution is 2.22. The van der Waals surface area contributed by atoms with Crippen LogP contribution in [0.5, 0.6) is 0 Å². The molecule has 1 unspecified atom stereocenters. The van der Waals surface area contributed by atoms with Gasteiger partial charge in [0.15, 0.2) is 0 Å². The minimum Gasteiger partial charge on any atom is -0.373 e. The van der Waals surface area contributed by atoms with Gasteiger partial charge >= 0.3 is 0 Å². The van der Waals surface area contributed by atoms with E-state index < -0.39 is 6.04 Å². The van der Waals surface area contributed by atoms with E-state index in [0.29, 0.717) is 11.7 Å². The fourth-order valence-electron chi connectivity index (χ4n) is 1.92. The van der Waals surface area contributed by atoms with Gasteiger partial charge in [-0.15, -0.1) is 0 Å². The average molecular weight is 261 g/mol. The Balaban J connectivity index is 2.16. The first-order valence-corrected chi connectivity index (χ1v) is 6.43. The van der Waals surface area contributed by atoms with Gasteiger partial charge < -0.3 is 15.0 Å². The van der Waals surface area contributed by atoms with E-state index >= 15 is 0 Å². The largest absolute Gasteiger partial charge is 0.373 e. The fourth-order valence-corrected chi connectivity index (χ4v) is 1.92. The van der Waals surface area contributed by atoms with Crippen LogP contribution in [-0.2, 0) is 4.74 Å². The molecule has 0 bridgehead atoms. The molecule has 0 radical (unpaired) electrons. The fraction of sp³-hybridized carbons (Fsp3) is 0.429. The Morgan fingerprint density at radius 1 is 1.32 bits per heavy atom. The highest BCUT2D eigenvalue weighted by atomic mass is 16.5. The monoisotopic (exact) mass is 261 g/mol. The minimum atomic E-state index is -0.401. The third kappa shape index (κ3) is 3.19. The quantitative estimate of drug-likeness (QED) is 0.865. The SMILES string of the molecule is CCCC(OC)c1noc([C@H](N)c2ccccc2)n1. The predicted octanol–water partition coefficient (Wildman–Crippen LogP) is 2.61. The van der Waals surface area contributed by atoms with Crippen molar-refractivity contribution in [3.8, 4) is 0 Å². The van der Waals surface area contributed by atoms with Crippen molar-refractivity contribution in [1.29, 1.82) is 0 Å². The molecule has 5 heteroatoms. The topological polar surface area (TPSA) is 74.2 Å². The van der Waals surface area contributed by atoms with Crippen molar-refractivity contribution in [3.63, 3.8) is 0 Å². The van der Waals surface area contributed by atoms with Gasteiger partial charge in [-0.05, 0) is 12.0 Å². The van der Waals surface area contributed by atoms with Crippen LogP contribution in [0.2, 0.25) is 0 Å². The number of nitrogens with two attached hydrogens (primary N) is 1. The van der Waals surface area contributed by atoms with E-state index in [0.717, 1.165) is 18.4 Å². The van der Waals surface area contributed by atoms with Gasteiger partial charge in [-0.25, -0.2) is 0 Å². The maximum absolute atomic E-state index is 6.11. The van der Waals surface area contributed by atoms with Gasteiger partial charge in [-0.1, -0.05) is 48.8 Å². The number of methoxy groups -OCH3 is 1. The molecule has 0 spiro atoms. The standard InChI is InChI=1S/C14H19N3O2/c1-3-7-11(18-2)13-16-14(19-17-13)12(15)10-8-5-4-6-9-10/h4-6,8-9,11-12H,3,7,15H2,1-2H3/t11?,12-/m1/s1. The van der Waals surface area contributed by atoms with Gasteiger partial charge in [0.1, 0.15) is 12.1 Å². The van der Waals surface area contributed by atoms with Crippen LogP contribution in [0, 0.1) is 0 Å². The Hall–Kier alpha value is -1.72. The number of hydrogen-bond donors (Lipinski definition) is 1. The first kappa shape index (κ1) is 13.7. The Labute approximate surface area is 112 Å². The molecule has 0 aliphatic rings. The van der Waals surface area contributed by atoms with E-state index in [4.69, 9.17) is 15.0 Å². The third-order valence-corrected chi connectivity index (χ3v) is 3.01. The van der Waals surface area contributed by atoms with Crippen molar-refractivity contribution in [2.24, 2.45) is 5.73 Å². The molecule has 102 valence electrons. The summed E-state index contributed by atoms with van der Waals surface area (Å²) in [6.45, 7) is 2.09. The van der Waals surface area contributed by atoms with Crippen LogP contribution in [0.15, 0.2) is 34.9 Å². The predicted molar refractivity (Wildman–Crippen MR) is 71.4 cm³/mol. The molecule has 2 aromatic rings. The lowest BCUT2D eigenvalue weighted by molar-refractivity contribution is 0.0854. The van der Waals surface area contributed by atoms with Gasteiger partial charge in [0.25, 0.3) is 0 Å². The summed E-state index contributed by atoms with van der Waals surface area (Å²) in [7, 11) is 1.65. The van der Waals surface area contributed by atoms with Crippen molar-refractivity contribution in [2.75, 3.05) is 7.11 Å². The summed E-state index contributed by atoms with van der Waals surface area (Å²) < 4.78 is 10.6. The summed E-state index contributed by atoms with van der Waals surface area (Å²) in [5.74, 6) is 0.977. The third-order valence-electron chi connectivity index (χ3n) is 3.01. The highest BCUT2D eigenvalue weighted by Gasteiger charge is 2.21. The maximum Gasteiger partial charge on any atom is 0.248 e. The lowest BCUT2D eigenvalue weighted by atomic mass is 10.1. The van der Waals surface area contributed by atoms with Crippen molar-refractivity contribution in [1.82, 2.24) is 10.1 Å². The van der Waals surface area contributed by atoms with Crippen LogP contribution in [0.3, 0.4) is 0 Å². The van der Waals surface area contributed by atoms with E-state index in [9.17, 15) is 0 Å². The molecular formula is C14H19N3O2. The Kier molecular flexibility index (Phi) is 4.65. The Bertz CT molecular complexity index is 498. The van der Waals surface area contributed by atoms with Gasteiger partial charge in [0, 0.05) is 7.11 Å². The molecule has 0 aliphatic heterocycles. The number of ether oxygens (including phenoxy) is 1.